The van der Waals surface area contributed by atoms with Gasteiger partial charge in [0.1, 0.15) is 0 Å². The molecule has 15 heavy (non-hydrogen) atoms. The average Bonchev–Trinajstić information content (AvgIpc) is 2.27. The Bertz CT molecular complexity index is 186. The van der Waals surface area contributed by atoms with Crippen LogP contribution in [0.5, 0.6) is 0 Å². The molecule has 0 saturated carbocycles. The van der Waals surface area contributed by atoms with Crippen molar-refractivity contribution in [2.75, 3.05) is 19.9 Å². The van der Waals surface area contributed by atoms with E-state index in [0.717, 1.165) is 24.4 Å². The summed E-state index contributed by atoms with van der Waals surface area (Å²) < 4.78 is 0. The summed E-state index contributed by atoms with van der Waals surface area (Å²) in [6, 6.07) is 0. The van der Waals surface area contributed by atoms with Crippen LogP contribution in [0.25, 0.3) is 0 Å². The van der Waals surface area contributed by atoms with Crippen LogP contribution in [0, 0.1) is 5.92 Å². The van der Waals surface area contributed by atoms with Crippen LogP contribution >= 0.6 is 12.2 Å². The highest BCUT2D eigenvalue weighted by Gasteiger charge is 2.15. The number of nitrogens with zero attached hydrogens (tertiary/aromatic N) is 1. The standard InChI is InChI=1S/C11H23N3S/c1-3-5-6-10(4-2)7-14-8-12-11(15)13-9-14/h10H,3-9H2,1-2H3,(H2,12,13,15). The molecule has 0 bridgehead atoms. The summed E-state index contributed by atoms with van der Waals surface area (Å²) in [5.41, 5.74) is 0. The van der Waals surface area contributed by atoms with E-state index in [0.29, 0.717) is 0 Å². The van der Waals surface area contributed by atoms with Gasteiger partial charge in [-0.1, -0.05) is 33.1 Å². The Balaban J connectivity index is 2.22. The molecular weight excluding hydrogens is 206 g/mol. The van der Waals surface area contributed by atoms with Gasteiger partial charge >= 0.3 is 0 Å². The van der Waals surface area contributed by atoms with Gasteiger partial charge in [0.05, 0.1) is 13.3 Å². The molecule has 3 nitrogen and oxygen atoms in total. The van der Waals surface area contributed by atoms with Gasteiger partial charge < -0.3 is 10.6 Å². The van der Waals surface area contributed by atoms with Crippen LogP contribution in [-0.4, -0.2) is 29.9 Å². The van der Waals surface area contributed by atoms with Crippen molar-refractivity contribution in [1.82, 2.24) is 15.5 Å². The first-order chi connectivity index (χ1) is 7.26. The van der Waals surface area contributed by atoms with Gasteiger partial charge in [0.15, 0.2) is 5.11 Å². The van der Waals surface area contributed by atoms with Gasteiger partial charge in [-0.25, -0.2) is 0 Å². The molecule has 2 N–H and O–H groups in total. The maximum Gasteiger partial charge on any atom is 0.168 e. The quantitative estimate of drug-likeness (QED) is 0.680. The molecule has 0 amide bonds. The van der Waals surface area contributed by atoms with Crippen molar-refractivity contribution in [3.63, 3.8) is 0 Å². The van der Waals surface area contributed by atoms with E-state index in [4.69, 9.17) is 12.2 Å². The summed E-state index contributed by atoms with van der Waals surface area (Å²) in [7, 11) is 0. The summed E-state index contributed by atoms with van der Waals surface area (Å²) in [6.45, 7) is 7.52. The van der Waals surface area contributed by atoms with Crippen molar-refractivity contribution in [1.29, 1.82) is 0 Å². The van der Waals surface area contributed by atoms with E-state index >= 15 is 0 Å². The van der Waals surface area contributed by atoms with E-state index in [1.807, 2.05) is 0 Å². The van der Waals surface area contributed by atoms with Crippen LogP contribution in [0.2, 0.25) is 0 Å². The Morgan fingerprint density at radius 1 is 1.33 bits per heavy atom. The molecule has 1 fully saturated rings. The van der Waals surface area contributed by atoms with Crippen LogP contribution in [-0.2, 0) is 0 Å². The molecular formula is C11H23N3S. The number of hydrogen-bond acceptors (Lipinski definition) is 2. The molecule has 1 aliphatic heterocycles. The minimum atomic E-state index is 0.785. The van der Waals surface area contributed by atoms with Gasteiger partial charge in [-0.05, 0) is 24.6 Å². The van der Waals surface area contributed by atoms with Gasteiger partial charge in [0.25, 0.3) is 0 Å². The van der Waals surface area contributed by atoms with E-state index in [1.165, 1.54) is 32.2 Å². The fourth-order valence-corrected chi connectivity index (χ4v) is 2.03. The lowest BCUT2D eigenvalue weighted by molar-refractivity contribution is 0.197. The van der Waals surface area contributed by atoms with Gasteiger partial charge in [0.2, 0.25) is 0 Å². The molecule has 0 spiro atoms. The van der Waals surface area contributed by atoms with Crippen molar-refractivity contribution < 1.29 is 0 Å². The average molecular weight is 229 g/mol. The van der Waals surface area contributed by atoms with E-state index in [2.05, 4.69) is 29.4 Å². The minimum absolute atomic E-state index is 0.785. The molecule has 88 valence electrons. The summed E-state index contributed by atoms with van der Waals surface area (Å²) in [4.78, 5) is 2.39. The molecule has 1 heterocycles. The van der Waals surface area contributed by atoms with Crippen LogP contribution in [0.3, 0.4) is 0 Å². The largest absolute Gasteiger partial charge is 0.350 e. The Morgan fingerprint density at radius 3 is 2.53 bits per heavy atom. The Kier molecular flexibility index (Phi) is 5.95. The zero-order valence-corrected chi connectivity index (χ0v) is 10.7. The number of rotatable bonds is 6. The molecule has 0 radical (unpaired) electrons. The van der Waals surface area contributed by atoms with Gasteiger partial charge in [-0.15, -0.1) is 0 Å². The second-order valence-corrected chi connectivity index (χ2v) is 4.68. The Hall–Kier alpha value is -0.350. The third-order valence-electron chi connectivity index (χ3n) is 2.99. The van der Waals surface area contributed by atoms with Crippen LogP contribution in [0.4, 0.5) is 0 Å². The highest BCUT2D eigenvalue weighted by atomic mass is 32.1. The van der Waals surface area contributed by atoms with E-state index in [1.54, 1.807) is 0 Å². The van der Waals surface area contributed by atoms with Crippen molar-refractivity contribution >= 4 is 17.3 Å². The molecule has 1 saturated heterocycles. The normalized spacial score (nSPS) is 19.5. The Labute approximate surface area is 98.6 Å². The van der Waals surface area contributed by atoms with Crippen molar-refractivity contribution in [2.24, 2.45) is 5.92 Å². The lowest BCUT2D eigenvalue weighted by atomic mass is 9.99. The fraction of sp³-hybridized carbons (Fsp3) is 0.909. The first-order valence-corrected chi connectivity index (χ1v) is 6.41. The number of thiocarbonyl (C=S) groups is 1. The van der Waals surface area contributed by atoms with Crippen molar-refractivity contribution in [3.8, 4) is 0 Å². The van der Waals surface area contributed by atoms with E-state index < -0.39 is 0 Å². The van der Waals surface area contributed by atoms with Gasteiger partial charge in [-0.3, -0.25) is 4.90 Å². The smallest absolute Gasteiger partial charge is 0.168 e. The maximum atomic E-state index is 5.02. The predicted octanol–water partition coefficient (Wildman–Crippen LogP) is 1.90. The SMILES string of the molecule is CCCCC(CC)CN1CNC(=S)NC1. The number of nitrogens with one attached hydrogen (secondary N) is 2. The van der Waals surface area contributed by atoms with Crippen molar-refractivity contribution in [2.45, 2.75) is 39.5 Å². The fourth-order valence-electron chi connectivity index (χ4n) is 1.90. The van der Waals surface area contributed by atoms with E-state index in [9.17, 15) is 0 Å². The molecule has 1 aliphatic rings. The monoisotopic (exact) mass is 229 g/mol. The third kappa shape index (κ3) is 4.80. The highest BCUT2D eigenvalue weighted by molar-refractivity contribution is 7.80. The summed E-state index contributed by atoms with van der Waals surface area (Å²) >= 11 is 5.02. The second-order valence-electron chi connectivity index (χ2n) is 4.27. The predicted molar refractivity (Wildman–Crippen MR) is 68.6 cm³/mol. The van der Waals surface area contributed by atoms with Crippen LogP contribution < -0.4 is 10.6 Å². The molecule has 1 unspecified atom stereocenters. The number of unbranched alkanes of at least 4 members (excludes halogenated alkanes) is 1. The van der Waals surface area contributed by atoms with Crippen molar-refractivity contribution in [3.05, 3.63) is 0 Å². The summed E-state index contributed by atoms with van der Waals surface area (Å²) in [6.07, 6.45) is 5.29. The molecule has 0 aromatic rings. The molecule has 1 rings (SSSR count). The van der Waals surface area contributed by atoms with E-state index in [-0.39, 0.29) is 0 Å². The first kappa shape index (κ1) is 12.7. The molecule has 4 heteroatoms. The van der Waals surface area contributed by atoms with Gasteiger partial charge in [-0.2, -0.15) is 0 Å². The van der Waals surface area contributed by atoms with Crippen LogP contribution in [0.15, 0.2) is 0 Å². The lowest BCUT2D eigenvalue weighted by Crippen LogP contribution is -2.54. The van der Waals surface area contributed by atoms with Gasteiger partial charge in [0, 0.05) is 6.54 Å². The minimum Gasteiger partial charge on any atom is -0.350 e. The third-order valence-corrected chi connectivity index (χ3v) is 3.27. The second kappa shape index (κ2) is 7.01. The topological polar surface area (TPSA) is 27.3 Å². The van der Waals surface area contributed by atoms with Crippen LogP contribution in [0.1, 0.15) is 39.5 Å². The molecule has 0 aromatic carbocycles. The Morgan fingerprint density at radius 2 is 2.00 bits per heavy atom. The molecule has 0 aromatic heterocycles. The zero-order chi connectivity index (χ0) is 11.1. The first-order valence-electron chi connectivity index (χ1n) is 6.00. The lowest BCUT2D eigenvalue weighted by Gasteiger charge is -2.32. The summed E-state index contributed by atoms with van der Waals surface area (Å²) in [5, 5.41) is 7.11. The maximum absolute atomic E-state index is 5.02. The summed E-state index contributed by atoms with van der Waals surface area (Å²) in [5.74, 6) is 0.834. The number of hydrogen-bond donors (Lipinski definition) is 2. The highest BCUT2D eigenvalue weighted by Crippen LogP contribution is 2.14. The molecule has 0 aliphatic carbocycles. The molecule has 1 atom stereocenters. The zero-order valence-electron chi connectivity index (χ0n) is 9.88.